The summed E-state index contributed by atoms with van der Waals surface area (Å²) in [5.41, 5.74) is 3.47. The van der Waals surface area contributed by atoms with E-state index < -0.39 is 18.0 Å². The molecular weight excluding hydrogens is 376 g/mol. The molecule has 6 nitrogen and oxygen atoms in total. The summed E-state index contributed by atoms with van der Waals surface area (Å²) in [6, 6.07) is 9.28. The highest BCUT2D eigenvalue weighted by molar-refractivity contribution is 7.14. The van der Waals surface area contributed by atoms with E-state index in [1.54, 1.807) is 11.4 Å². The molecule has 0 spiro atoms. The van der Waals surface area contributed by atoms with Crippen molar-refractivity contribution >= 4 is 34.0 Å². The number of rotatable bonds is 7. The Morgan fingerprint density at radius 3 is 2.79 bits per heavy atom. The fourth-order valence-electron chi connectivity index (χ4n) is 3.12. The average molecular weight is 396 g/mol. The lowest BCUT2D eigenvalue weighted by atomic mass is 10.0. The number of carbonyl (C=O) groups is 3. The van der Waals surface area contributed by atoms with E-state index in [4.69, 9.17) is 10.00 Å². The minimum atomic E-state index is -1.02. The van der Waals surface area contributed by atoms with E-state index in [1.807, 2.05) is 24.3 Å². The highest BCUT2D eigenvalue weighted by Gasteiger charge is 2.21. The second-order valence-electron chi connectivity index (χ2n) is 6.66. The fourth-order valence-corrected chi connectivity index (χ4v) is 3.86. The van der Waals surface area contributed by atoms with Crippen LogP contribution in [0.1, 0.15) is 53.2 Å². The normalized spacial score (nSPS) is 13.3. The monoisotopic (exact) mass is 396 g/mol. The number of thiophene rings is 1. The highest BCUT2D eigenvalue weighted by Crippen LogP contribution is 2.24. The Morgan fingerprint density at radius 2 is 2.00 bits per heavy atom. The molecule has 0 bridgehead atoms. The van der Waals surface area contributed by atoms with E-state index in [9.17, 15) is 14.4 Å². The molecule has 3 rings (SSSR count). The molecule has 7 heteroatoms. The van der Waals surface area contributed by atoms with Crippen molar-refractivity contribution in [1.82, 2.24) is 0 Å². The Balaban J connectivity index is 1.47. The van der Waals surface area contributed by atoms with Crippen molar-refractivity contribution in [3.05, 3.63) is 51.9 Å². The lowest BCUT2D eigenvalue weighted by Gasteiger charge is -2.13. The number of anilines is 1. The number of benzene rings is 1. The van der Waals surface area contributed by atoms with Gasteiger partial charge in [-0.1, -0.05) is 12.1 Å². The first-order valence-corrected chi connectivity index (χ1v) is 9.99. The third-order valence-electron chi connectivity index (χ3n) is 4.68. The molecular formula is C21H20N2O4S. The van der Waals surface area contributed by atoms with Gasteiger partial charge in [-0.2, -0.15) is 5.26 Å². The smallest absolute Gasteiger partial charge is 0.307 e. The maximum absolute atomic E-state index is 12.3. The van der Waals surface area contributed by atoms with Crippen LogP contribution >= 0.6 is 11.3 Å². The topological polar surface area (TPSA) is 96.3 Å². The highest BCUT2D eigenvalue weighted by atomic mass is 32.1. The van der Waals surface area contributed by atoms with Gasteiger partial charge in [0.2, 0.25) is 0 Å². The second kappa shape index (κ2) is 8.81. The van der Waals surface area contributed by atoms with Crippen LogP contribution in [-0.4, -0.2) is 23.8 Å². The van der Waals surface area contributed by atoms with Crippen LogP contribution in [0, 0.1) is 11.3 Å². The van der Waals surface area contributed by atoms with Gasteiger partial charge < -0.3 is 10.1 Å². The van der Waals surface area contributed by atoms with Crippen molar-refractivity contribution in [1.29, 1.82) is 5.26 Å². The van der Waals surface area contributed by atoms with E-state index in [-0.39, 0.29) is 18.6 Å². The molecule has 1 N–H and O–H groups in total. The number of Topliss-reactive ketones (excluding diaryl/α,β-unsaturated/α-hetero) is 1. The van der Waals surface area contributed by atoms with Crippen molar-refractivity contribution in [2.24, 2.45) is 0 Å². The molecule has 0 saturated heterocycles. The van der Waals surface area contributed by atoms with Gasteiger partial charge in [-0.25, -0.2) is 0 Å². The van der Waals surface area contributed by atoms with Crippen molar-refractivity contribution in [2.75, 3.05) is 5.32 Å². The van der Waals surface area contributed by atoms with Gasteiger partial charge in [0.15, 0.2) is 11.9 Å². The number of ether oxygens (including phenoxy) is 1. The number of amides is 1. The van der Waals surface area contributed by atoms with Gasteiger partial charge in [0, 0.05) is 12.0 Å². The molecule has 0 radical (unpaired) electrons. The Hall–Kier alpha value is -2.98. The van der Waals surface area contributed by atoms with E-state index in [0.717, 1.165) is 19.3 Å². The van der Waals surface area contributed by atoms with E-state index in [2.05, 4.69) is 5.32 Å². The number of esters is 1. The molecule has 0 saturated carbocycles. The molecule has 1 heterocycles. The number of hydrogen-bond acceptors (Lipinski definition) is 6. The zero-order valence-corrected chi connectivity index (χ0v) is 16.3. The predicted octanol–water partition coefficient (Wildman–Crippen LogP) is 3.64. The molecule has 1 atom stereocenters. The SMILES string of the molecule is C[C@H](OC(=O)CCC(=O)c1ccc2c(c1)CCC2)C(=O)Nc1sccc1C#N. The Kier molecular flexibility index (Phi) is 6.22. The number of aryl methyl sites for hydroxylation is 2. The van der Waals surface area contributed by atoms with Crippen LogP contribution < -0.4 is 5.32 Å². The molecule has 1 aromatic heterocycles. The Labute approximate surface area is 167 Å². The zero-order chi connectivity index (χ0) is 20.1. The van der Waals surface area contributed by atoms with Gasteiger partial charge in [0.1, 0.15) is 11.1 Å². The summed E-state index contributed by atoms with van der Waals surface area (Å²) in [5, 5.41) is 13.6. The van der Waals surface area contributed by atoms with E-state index >= 15 is 0 Å². The summed E-state index contributed by atoms with van der Waals surface area (Å²) >= 11 is 1.22. The van der Waals surface area contributed by atoms with Crippen LogP contribution in [0.2, 0.25) is 0 Å². The fraction of sp³-hybridized carbons (Fsp3) is 0.333. The lowest BCUT2D eigenvalue weighted by molar-refractivity contribution is -0.153. The number of nitrogens with one attached hydrogen (secondary N) is 1. The summed E-state index contributed by atoms with van der Waals surface area (Å²) in [5.74, 6) is -1.23. The predicted molar refractivity (Wildman–Crippen MR) is 105 cm³/mol. The molecule has 144 valence electrons. The number of ketones is 1. The van der Waals surface area contributed by atoms with Crippen LogP contribution in [0.3, 0.4) is 0 Å². The van der Waals surface area contributed by atoms with Crippen molar-refractivity contribution in [3.63, 3.8) is 0 Å². The molecule has 1 amide bonds. The number of hydrogen-bond donors (Lipinski definition) is 1. The standard InChI is InChI=1S/C21H20N2O4S/c1-13(20(26)23-21-17(12-22)9-10-28-21)27-19(25)8-7-18(24)16-6-5-14-3-2-4-15(14)11-16/h5-6,9-11,13H,2-4,7-8H2,1H3,(H,23,26)/t13-/m0/s1. The van der Waals surface area contributed by atoms with Gasteiger partial charge >= 0.3 is 5.97 Å². The third-order valence-corrected chi connectivity index (χ3v) is 5.51. The van der Waals surface area contributed by atoms with Crippen molar-refractivity contribution in [3.8, 4) is 6.07 Å². The second-order valence-corrected chi connectivity index (χ2v) is 7.57. The first-order valence-electron chi connectivity index (χ1n) is 9.11. The maximum Gasteiger partial charge on any atom is 0.307 e. The van der Waals surface area contributed by atoms with Gasteiger partial charge in [-0.05, 0) is 54.8 Å². The van der Waals surface area contributed by atoms with Crippen LogP contribution in [-0.2, 0) is 27.2 Å². The molecule has 0 aliphatic heterocycles. The molecule has 1 aliphatic carbocycles. The Bertz CT molecular complexity index is 958. The molecule has 0 fully saturated rings. The van der Waals surface area contributed by atoms with Gasteiger partial charge in [0.05, 0.1) is 12.0 Å². The van der Waals surface area contributed by atoms with Crippen molar-refractivity contribution < 1.29 is 19.1 Å². The van der Waals surface area contributed by atoms with Gasteiger partial charge in [-0.3, -0.25) is 14.4 Å². The van der Waals surface area contributed by atoms with Crippen LogP contribution in [0.5, 0.6) is 0 Å². The average Bonchev–Trinajstić information content (AvgIpc) is 3.33. The quantitative estimate of drug-likeness (QED) is 0.569. The summed E-state index contributed by atoms with van der Waals surface area (Å²) in [4.78, 5) is 36.5. The number of nitrogens with zero attached hydrogens (tertiary/aromatic N) is 1. The molecule has 0 unspecified atom stereocenters. The van der Waals surface area contributed by atoms with Crippen LogP contribution in [0.15, 0.2) is 29.6 Å². The maximum atomic E-state index is 12.3. The van der Waals surface area contributed by atoms with E-state index in [0.29, 0.717) is 16.1 Å². The lowest BCUT2D eigenvalue weighted by Crippen LogP contribution is -2.30. The van der Waals surface area contributed by atoms with E-state index in [1.165, 1.54) is 29.4 Å². The minimum Gasteiger partial charge on any atom is -0.453 e. The summed E-state index contributed by atoms with van der Waals surface area (Å²) in [7, 11) is 0. The number of fused-ring (bicyclic) bond motifs is 1. The van der Waals surface area contributed by atoms with Crippen LogP contribution in [0.4, 0.5) is 5.00 Å². The summed E-state index contributed by atoms with van der Waals surface area (Å²) in [6.07, 6.45) is 2.09. The van der Waals surface area contributed by atoms with Crippen LogP contribution in [0.25, 0.3) is 0 Å². The summed E-state index contributed by atoms with van der Waals surface area (Å²) < 4.78 is 5.11. The zero-order valence-electron chi connectivity index (χ0n) is 15.5. The molecule has 28 heavy (non-hydrogen) atoms. The largest absolute Gasteiger partial charge is 0.453 e. The molecule has 1 aliphatic rings. The molecule has 2 aromatic rings. The van der Waals surface area contributed by atoms with Crippen molar-refractivity contribution in [2.45, 2.75) is 45.1 Å². The van der Waals surface area contributed by atoms with Gasteiger partial charge in [0.25, 0.3) is 5.91 Å². The minimum absolute atomic E-state index is 0.0372. The first kappa shape index (κ1) is 19.8. The summed E-state index contributed by atoms with van der Waals surface area (Å²) in [6.45, 7) is 1.45. The molecule has 1 aromatic carbocycles. The van der Waals surface area contributed by atoms with Gasteiger partial charge in [-0.15, -0.1) is 11.3 Å². The number of carbonyl (C=O) groups excluding carboxylic acids is 3. The Morgan fingerprint density at radius 1 is 1.21 bits per heavy atom. The first-order chi connectivity index (χ1) is 13.5. The third kappa shape index (κ3) is 4.65. The number of nitriles is 1.